The number of rotatable bonds is 3. The van der Waals surface area contributed by atoms with E-state index in [4.69, 9.17) is 10.5 Å². The van der Waals surface area contributed by atoms with Crippen molar-refractivity contribution >= 4 is 16.5 Å². The summed E-state index contributed by atoms with van der Waals surface area (Å²) in [6.45, 7) is 2.07. The lowest BCUT2D eigenvalue weighted by atomic mass is 10.1. The number of hydrogen-bond acceptors (Lipinski definition) is 3. The predicted molar refractivity (Wildman–Crippen MR) is 81.4 cm³/mol. The van der Waals surface area contributed by atoms with E-state index in [2.05, 4.69) is 13.0 Å². The molecular formula is C16H17NO2S. The van der Waals surface area contributed by atoms with Gasteiger partial charge in [-0.05, 0) is 30.7 Å². The zero-order valence-electron chi connectivity index (χ0n) is 11.3. The molecule has 2 aromatic carbocycles. The van der Waals surface area contributed by atoms with E-state index in [1.165, 1.54) is 11.1 Å². The van der Waals surface area contributed by atoms with Crippen LogP contribution in [-0.4, -0.2) is 16.1 Å². The van der Waals surface area contributed by atoms with Gasteiger partial charge in [-0.3, -0.25) is 4.21 Å². The van der Waals surface area contributed by atoms with Gasteiger partial charge < -0.3 is 10.5 Å². The molecule has 0 spiro atoms. The Labute approximate surface area is 121 Å². The summed E-state index contributed by atoms with van der Waals surface area (Å²) in [5, 5.41) is 0. The van der Waals surface area contributed by atoms with E-state index in [1.54, 1.807) is 6.07 Å². The van der Waals surface area contributed by atoms with Crippen LogP contribution >= 0.6 is 0 Å². The number of ether oxygens (including phenoxy) is 1. The van der Waals surface area contributed by atoms with E-state index in [-0.39, 0.29) is 6.10 Å². The molecule has 3 rings (SSSR count). The molecule has 2 atom stereocenters. The number of aryl methyl sites for hydroxylation is 1. The molecule has 1 aliphatic heterocycles. The fourth-order valence-corrected chi connectivity index (χ4v) is 3.75. The standard InChI is InChI=1S/C16H17NO2S/c1-11-6-7-15-12(8-11)9-13(19-15)10-20(18)16-5-3-2-4-14(16)17/h2-8,13H,9-10,17H2,1H3. The fraction of sp³-hybridized carbons (Fsp3) is 0.250. The van der Waals surface area contributed by atoms with E-state index in [9.17, 15) is 4.21 Å². The van der Waals surface area contributed by atoms with Gasteiger partial charge in [-0.15, -0.1) is 0 Å². The zero-order chi connectivity index (χ0) is 14.1. The molecule has 2 unspecified atom stereocenters. The first-order valence-corrected chi connectivity index (χ1v) is 7.94. The number of fused-ring (bicyclic) bond motifs is 1. The number of nitrogen functional groups attached to an aromatic ring is 1. The highest BCUT2D eigenvalue weighted by atomic mass is 32.2. The minimum absolute atomic E-state index is 0.0350. The van der Waals surface area contributed by atoms with Crippen LogP contribution in [0.4, 0.5) is 5.69 Å². The monoisotopic (exact) mass is 287 g/mol. The second kappa shape index (κ2) is 5.29. The Balaban J connectivity index is 1.72. The summed E-state index contributed by atoms with van der Waals surface area (Å²) in [5.74, 6) is 1.39. The van der Waals surface area contributed by atoms with Crippen LogP contribution in [0, 0.1) is 6.92 Å². The van der Waals surface area contributed by atoms with E-state index in [1.807, 2.05) is 30.3 Å². The van der Waals surface area contributed by atoms with Crippen LogP contribution in [-0.2, 0) is 17.2 Å². The molecule has 2 aromatic rings. The lowest BCUT2D eigenvalue weighted by molar-refractivity contribution is 0.258. The highest BCUT2D eigenvalue weighted by Gasteiger charge is 2.25. The Bertz CT molecular complexity index is 669. The topological polar surface area (TPSA) is 52.3 Å². The molecule has 0 aliphatic carbocycles. The first-order valence-electron chi connectivity index (χ1n) is 6.62. The van der Waals surface area contributed by atoms with Gasteiger partial charge in [0.25, 0.3) is 0 Å². The number of para-hydroxylation sites is 1. The predicted octanol–water partition coefficient (Wildman–Crippen LogP) is 2.69. The van der Waals surface area contributed by atoms with Gasteiger partial charge in [0.2, 0.25) is 0 Å². The molecule has 20 heavy (non-hydrogen) atoms. The molecule has 0 bridgehead atoms. The third kappa shape index (κ3) is 2.56. The van der Waals surface area contributed by atoms with E-state index >= 15 is 0 Å². The van der Waals surface area contributed by atoms with Crippen LogP contribution < -0.4 is 10.5 Å². The van der Waals surface area contributed by atoms with E-state index in [0.717, 1.165) is 12.2 Å². The van der Waals surface area contributed by atoms with E-state index in [0.29, 0.717) is 16.3 Å². The molecule has 2 N–H and O–H groups in total. The van der Waals surface area contributed by atoms with Crippen LogP contribution in [0.1, 0.15) is 11.1 Å². The Hall–Kier alpha value is -1.81. The van der Waals surface area contributed by atoms with Gasteiger partial charge >= 0.3 is 0 Å². The third-order valence-corrected chi connectivity index (χ3v) is 5.00. The van der Waals surface area contributed by atoms with Crippen molar-refractivity contribution in [1.29, 1.82) is 0 Å². The molecule has 0 fully saturated rings. The van der Waals surface area contributed by atoms with Gasteiger partial charge in [-0.25, -0.2) is 0 Å². The maximum Gasteiger partial charge on any atom is 0.123 e. The van der Waals surface area contributed by atoms with Gasteiger partial charge in [0, 0.05) is 12.1 Å². The largest absolute Gasteiger partial charge is 0.489 e. The lowest BCUT2D eigenvalue weighted by Crippen LogP contribution is -2.22. The first kappa shape index (κ1) is 13.2. The summed E-state index contributed by atoms with van der Waals surface area (Å²) in [4.78, 5) is 0.697. The quantitative estimate of drug-likeness (QED) is 0.883. The van der Waals surface area contributed by atoms with Gasteiger partial charge in [-0.1, -0.05) is 29.8 Å². The van der Waals surface area contributed by atoms with Crippen LogP contribution in [0.25, 0.3) is 0 Å². The van der Waals surface area contributed by atoms with Crippen molar-refractivity contribution in [1.82, 2.24) is 0 Å². The lowest BCUT2D eigenvalue weighted by Gasteiger charge is -2.11. The third-order valence-electron chi connectivity index (χ3n) is 3.46. The summed E-state index contributed by atoms with van der Waals surface area (Å²) in [5.41, 5.74) is 8.87. The van der Waals surface area contributed by atoms with Crippen molar-refractivity contribution in [2.24, 2.45) is 0 Å². The van der Waals surface area contributed by atoms with Crippen molar-refractivity contribution in [3.05, 3.63) is 53.6 Å². The first-order chi connectivity index (χ1) is 9.63. The number of nitrogens with two attached hydrogens (primary N) is 1. The summed E-state index contributed by atoms with van der Waals surface area (Å²) >= 11 is 0. The Kier molecular flexibility index (Phi) is 3.49. The van der Waals surface area contributed by atoms with E-state index < -0.39 is 10.8 Å². The zero-order valence-corrected chi connectivity index (χ0v) is 12.2. The maximum absolute atomic E-state index is 12.4. The second-order valence-corrected chi connectivity index (χ2v) is 6.57. The molecule has 1 heterocycles. The molecule has 0 radical (unpaired) electrons. The number of benzene rings is 2. The number of hydrogen-bond donors (Lipinski definition) is 1. The Morgan fingerprint density at radius 3 is 2.90 bits per heavy atom. The minimum atomic E-state index is -1.13. The average molecular weight is 287 g/mol. The molecule has 0 amide bonds. The van der Waals surface area contributed by atoms with Gasteiger partial charge in [0.05, 0.1) is 21.4 Å². The molecular weight excluding hydrogens is 270 g/mol. The van der Waals surface area contributed by atoms with Crippen molar-refractivity contribution in [2.75, 3.05) is 11.5 Å². The maximum atomic E-state index is 12.4. The molecule has 0 saturated heterocycles. The highest BCUT2D eigenvalue weighted by molar-refractivity contribution is 7.85. The van der Waals surface area contributed by atoms with Crippen LogP contribution in [0.5, 0.6) is 5.75 Å². The average Bonchev–Trinajstić information content (AvgIpc) is 2.80. The summed E-state index contributed by atoms with van der Waals surface area (Å²) < 4.78 is 18.3. The van der Waals surface area contributed by atoms with Crippen LogP contribution in [0.2, 0.25) is 0 Å². The van der Waals surface area contributed by atoms with Crippen molar-refractivity contribution < 1.29 is 8.95 Å². The summed E-state index contributed by atoms with van der Waals surface area (Å²) in [7, 11) is -1.13. The van der Waals surface area contributed by atoms with Crippen LogP contribution in [0.3, 0.4) is 0 Å². The molecule has 3 nitrogen and oxygen atoms in total. The SMILES string of the molecule is Cc1ccc2c(c1)CC(CS(=O)c1ccccc1N)O2. The Morgan fingerprint density at radius 1 is 1.30 bits per heavy atom. The fourth-order valence-electron chi connectivity index (χ4n) is 2.49. The molecule has 0 saturated carbocycles. The normalized spacial score (nSPS) is 18.4. The van der Waals surface area contributed by atoms with Gasteiger partial charge in [0.1, 0.15) is 11.9 Å². The Morgan fingerprint density at radius 2 is 2.10 bits per heavy atom. The molecule has 1 aliphatic rings. The van der Waals surface area contributed by atoms with Gasteiger partial charge in [-0.2, -0.15) is 0 Å². The van der Waals surface area contributed by atoms with Crippen molar-refractivity contribution in [2.45, 2.75) is 24.3 Å². The minimum Gasteiger partial charge on any atom is -0.489 e. The number of anilines is 1. The molecule has 4 heteroatoms. The summed E-state index contributed by atoms with van der Waals surface area (Å²) in [6, 6.07) is 13.5. The van der Waals surface area contributed by atoms with Crippen molar-refractivity contribution in [3.8, 4) is 5.75 Å². The second-order valence-electron chi connectivity index (χ2n) is 5.11. The molecule has 104 valence electrons. The van der Waals surface area contributed by atoms with Crippen LogP contribution in [0.15, 0.2) is 47.4 Å². The van der Waals surface area contributed by atoms with Crippen molar-refractivity contribution in [3.63, 3.8) is 0 Å². The smallest absolute Gasteiger partial charge is 0.123 e. The van der Waals surface area contributed by atoms with Gasteiger partial charge in [0.15, 0.2) is 0 Å². The molecule has 0 aromatic heterocycles. The summed E-state index contributed by atoms with van der Waals surface area (Å²) in [6.07, 6.45) is 0.780. The highest BCUT2D eigenvalue weighted by Crippen LogP contribution is 2.30.